The van der Waals surface area contributed by atoms with Crippen LogP contribution in [0.3, 0.4) is 0 Å². The minimum atomic E-state index is -0.787. The van der Waals surface area contributed by atoms with Crippen LogP contribution in [0.2, 0.25) is 0 Å². The van der Waals surface area contributed by atoms with Crippen molar-refractivity contribution >= 4 is 17.7 Å². The number of carbonyl (C=O) groups excluding carboxylic acids is 2. The molecule has 28 heavy (non-hydrogen) atoms. The molecule has 2 N–H and O–H groups in total. The second-order valence-corrected chi connectivity index (χ2v) is 6.07. The number of hydrogen-bond acceptors (Lipinski definition) is 5. The summed E-state index contributed by atoms with van der Waals surface area (Å²) in [4.78, 5) is 33.0. The first-order chi connectivity index (χ1) is 13.4. The molecule has 2 rings (SSSR count). The molecule has 0 amide bonds. The van der Waals surface area contributed by atoms with Crippen molar-refractivity contribution in [3.8, 4) is 5.75 Å². The first-order valence-corrected chi connectivity index (χ1v) is 9.11. The standard InChI is InChI=1S/C11H14O3.C11H12O3/c1-2-8(7-11(13)14)9-3-5-10(12)6-4-9;1-2-14-11(13)8-10(12)9-6-4-3-5-7-9/h3-6,8,12H,2,7H2,1H3,(H,13,14);3-7H,2,8H2,1H3. The van der Waals surface area contributed by atoms with Crippen LogP contribution in [0.25, 0.3) is 0 Å². The molecule has 0 bridgehead atoms. The molecule has 0 aliphatic carbocycles. The summed E-state index contributed by atoms with van der Waals surface area (Å²) in [7, 11) is 0. The van der Waals surface area contributed by atoms with E-state index in [-0.39, 0.29) is 30.3 Å². The molecular weight excluding hydrogens is 360 g/mol. The van der Waals surface area contributed by atoms with E-state index in [1.54, 1.807) is 55.5 Å². The normalized spacial score (nSPS) is 10.9. The summed E-state index contributed by atoms with van der Waals surface area (Å²) in [5.74, 6) is -1.22. The molecule has 0 radical (unpaired) electrons. The molecule has 1 atom stereocenters. The first kappa shape index (κ1) is 22.9. The Kier molecular flexibility index (Phi) is 10.0. The van der Waals surface area contributed by atoms with Gasteiger partial charge in [-0.2, -0.15) is 0 Å². The lowest BCUT2D eigenvalue weighted by Crippen LogP contribution is -2.11. The predicted molar refractivity (Wildman–Crippen MR) is 105 cm³/mol. The molecule has 0 saturated heterocycles. The predicted octanol–water partition coefficient (Wildman–Crippen LogP) is 4.18. The van der Waals surface area contributed by atoms with E-state index in [0.717, 1.165) is 12.0 Å². The van der Waals surface area contributed by atoms with Crippen LogP contribution in [-0.2, 0) is 14.3 Å². The van der Waals surface area contributed by atoms with E-state index in [1.807, 2.05) is 13.0 Å². The lowest BCUT2D eigenvalue weighted by Gasteiger charge is -2.12. The molecule has 2 aromatic rings. The van der Waals surface area contributed by atoms with Gasteiger partial charge >= 0.3 is 11.9 Å². The monoisotopic (exact) mass is 386 g/mol. The molecule has 6 heteroatoms. The number of aromatic hydroxyl groups is 1. The molecule has 150 valence electrons. The van der Waals surface area contributed by atoms with Crippen molar-refractivity contribution in [2.75, 3.05) is 6.61 Å². The van der Waals surface area contributed by atoms with Crippen molar-refractivity contribution in [3.63, 3.8) is 0 Å². The average Bonchev–Trinajstić information content (AvgIpc) is 2.68. The molecule has 0 heterocycles. The molecule has 0 spiro atoms. The van der Waals surface area contributed by atoms with E-state index in [2.05, 4.69) is 4.74 Å². The van der Waals surface area contributed by atoms with Gasteiger partial charge in [-0.05, 0) is 37.0 Å². The number of esters is 1. The fourth-order valence-electron chi connectivity index (χ4n) is 2.52. The number of benzene rings is 2. The fourth-order valence-corrected chi connectivity index (χ4v) is 2.52. The van der Waals surface area contributed by atoms with Crippen LogP contribution in [0, 0.1) is 0 Å². The quantitative estimate of drug-likeness (QED) is 0.401. The number of phenolic OH excluding ortho intramolecular Hbond substituents is 1. The molecule has 2 aromatic carbocycles. The van der Waals surface area contributed by atoms with Crippen molar-refractivity contribution in [1.29, 1.82) is 0 Å². The topological polar surface area (TPSA) is 101 Å². The van der Waals surface area contributed by atoms with Crippen molar-refractivity contribution < 1.29 is 29.3 Å². The van der Waals surface area contributed by atoms with Gasteiger partial charge in [-0.25, -0.2) is 0 Å². The van der Waals surface area contributed by atoms with Crippen molar-refractivity contribution in [2.24, 2.45) is 0 Å². The molecule has 0 aliphatic heterocycles. The molecular formula is C22H26O6. The second-order valence-electron chi connectivity index (χ2n) is 6.07. The Morgan fingerprint density at radius 3 is 2.07 bits per heavy atom. The van der Waals surface area contributed by atoms with Crippen LogP contribution in [-0.4, -0.2) is 34.5 Å². The Bertz CT molecular complexity index is 752. The average molecular weight is 386 g/mol. The Morgan fingerprint density at radius 1 is 0.964 bits per heavy atom. The van der Waals surface area contributed by atoms with Crippen molar-refractivity contribution in [1.82, 2.24) is 0 Å². The summed E-state index contributed by atoms with van der Waals surface area (Å²) in [6, 6.07) is 15.4. The van der Waals surface area contributed by atoms with Gasteiger partial charge in [0.1, 0.15) is 12.2 Å². The van der Waals surface area contributed by atoms with Gasteiger partial charge in [0.25, 0.3) is 0 Å². The minimum Gasteiger partial charge on any atom is -0.508 e. The summed E-state index contributed by atoms with van der Waals surface area (Å²) in [5, 5.41) is 17.8. The maximum Gasteiger partial charge on any atom is 0.313 e. The Labute approximate surface area is 164 Å². The Morgan fingerprint density at radius 2 is 1.57 bits per heavy atom. The molecule has 6 nitrogen and oxygen atoms in total. The van der Waals surface area contributed by atoms with Gasteiger partial charge in [0.2, 0.25) is 0 Å². The van der Waals surface area contributed by atoms with Crippen LogP contribution in [0.15, 0.2) is 54.6 Å². The van der Waals surface area contributed by atoms with Gasteiger partial charge in [0.05, 0.1) is 13.0 Å². The van der Waals surface area contributed by atoms with E-state index < -0.39 is 11.9 Å². The summed E-state index contributed by atoms with van der Waals surface area (Å²) in [5.41, 5.74) is 1.51. The number of rotatable bonds is 8. The lowest BCUT2D eigenvalue weighted by atomic mass is 9.93. The van der Waals surface area contributed by atoms with Gasteiger partial charge in [-0.15, -0.1) is 0 Å². The van der Waals surface area contributed by atoms with Crippen LogP contribution in [0.4, 0.5) is 0 Å². The summed E-state index contributed by atoms with van der Waals surface area (Å²) in [6.07, 6.45) is 0.746. The zero-order valence-electron chi connectivity index (χ0n) is 16.1. The Balaban J connectivity index is 0.000000280. The number of ether oxygens (including phenoxy) is 1. The summed E-state index contributed by atoms with van der Waals surface area (Å²) >= 11 is 0. The molecule has 0 aliphatic rings. The number of Topliss-reactive ketones (excluding diaryl/α,β-unsaturated/α-hetero) is 1. The highest BCUT2D eigenvalue weighted by molar-refractivity contribution is 6.05. The third-order valence-corrected chi connectivity index (χ3v) is 3.98. The van der Waals surface area contributed by atoms with Crippen LogP contribution < -0.4 is 0 Å². The number of ketones is 1. The number of carbonyl (C=O) groups is 3. The Hall–Kier alpha value is -3.15. The minimum absolute atomic E-state index is 0.0353. The lowest BCUT2D eigenvalue weighted by molar-refractivity contribution is -0.142. The molecule has 0 fully saturated rings. The third kappa shape index (κ3) is 8.49. The van der Waals surface area contributed by atoms with Gasteiger partial charge in [0.15, 0.2) is 5.78 Å². The van der Waals surface area contributed by atoms with Crippen LogP contribution in [0.1, 0.15) is 54.9 Å². The number of hydrogen-bond donors (Lipinski definition) is 2. The highest BCUT2D eigenvalue weighted by atomic mass is 16.5. The summed E-state index contributed by atoms with van der Waals surface area (Å²) < 4.78 is 4.67. The van der Waals surface area contributed by atoms with Gasteiger partial charge in [-0.1, -0.05) is 49.4 Å². The molecule has 1 unspecified atom stereocenters. The third-order valence-electron chi connectivity index (χ3n) is 3.98. The number of carboxylic acids is 1. The van der Waals surface area contributed by atoms with Gasteiger partial charge < -0.3 is 14.9 Å². The molecule has 0 aromatic heterocycles. The van der Waals surface area contributed by atoms with Crippen LogP contribution in [0.5, 0.6) is 5.75 Å². The second kappa shape index (κ2) is 12.3. The van der Waals surface area contributed by atoms with Gasteiger partial charge in [-0.3, -0.25) is 14.4 Å². The number of carboxylic acid groups (broad SMARTS) is 1. The maximum absolute atomic E-state index is 11.4. The van der Waals surface area contributed by atoms with Gasteiger partial charge in [0, 0.05) is 5.56 Å². The van der Waals surface area contributed by atoms with Crippen molar-refractivity contribution in [2.45, 2.75) is 39.0 Å². The highest BCUT2D eigenvalue weighted by Gasteiger charge is 2.13. The smallest absolute Gasteiger partial charge is 0.313 e. The summed E-state index contributed by atoms with van der Waals surface area (Å²) in [6.45, 7) is 3.98. The zero-order valence-corrected chi connectivity index (χ0v) is 16.1. The molecule has 0 saturated carbocycles. The van der Waals surface area contributed by atoms with Crippen LogP contribution >= 0.6 is 0 Å². The van der Waals surface area contributed by atoms with Crippen molar-refractivity contribution in [3.05, 3.63) is 65.7 Å². The van der Waals surface area contributed by atoms with E-state index in [4.69, 9.17) is 10.2 Å². The largest absolute Gasteiger partial charge is 0.508 e. The number of aliphatic carboxylic acids is 1. The zero-order chi connectivity index (χ0) is 20.9. The van der Waals surface area contributed by atoms with E-state index in [9.17, 15) is 14.4 Å². The maximum atomic E-state index is 11.4. The first-order valence-electron chi connectivity index (χ1n) is 9.11. The van der Waals surface area contributed by atoms with E-state index in [1.165, 1.54) is 0 Å². The number of phenols is 1. The fraction of sp³-hybridized carbons (Fsp3) is 0.318. The highest BCUT2D eigenvalue weighted by Crippen LogP contribution is 2.24. The van der Waals surface area contributed by atoms with E-state index >= 15 is 0 Å². The SMILES string of the molecule is CCC(CC(=O)O)c1ccc(O)cc1.CCOC(=O)CC(=O)c1ccccc1. The van der Waals surface area contributed by atoms with E-state index in [0.29, 0.717) is 12.2 Å².